The number of anilines is 1. The summed E-state index contributed by atoms with van der Waals surface area (Å²) in [5.41, 5.74) is 2.14. The average molecular weight is 559 g/mol. The van der Waals surface area contributed by atoms with Crippen LogP contribution in [0.15, 0.2) is 83.9 Å². The van der Waals surface area contributed by atoms with Gasteiger partial charge in [-0.05, 0) is 76.7 Å². The summed E-state index contributed by atoms with van der Waals surface area (Å²) in [6.07, 6.45) is 0.0656. The van der Waals surface area contributed by atoms with E-state index in [1.54, 1.807) is 17.0 Å². The van der Waals surface area contributed by atoms with Gasteiger partial charge in [-0.25, -0.2) is 9.38 Å². The van der Waals surface area contributed by atoms with E-state index in [0.717, 1.165) is 9.13 Å². The second-order valence-corrected chi connectivity index (χ2v) is 9.56. The van der Waals surface area contributed by atoms with Crippen LogP contribution in [0.1, 0.15) is 12.0 Å². The largest absolute Gasteiger partial charge is 0.325 e. The molecule has 0 spiro atoms. The van der Waals surface area contributed by atoms with Crippen molar-refractivity contribution < 1.29 is 14.0 Å². The molecule has 3 aromatic carbocycles. The van der Waals surface area contributed by atoms with Crippen molar-refractivity contribution in [2.24, 2.45) is 4.99 Å². The highest BCUT2D eigenvalue weighted by Gasteiger charge is 2.36. The molecule has 32 heavy (non-hydrogen) atoms. The molecule has 0 saturated carbocycles. The molecule has 1 N–H and O–H groups in total. The van der Waals surface area contributed by atoms with E-state index >= 15 is 0 Å². The number of carbonyl (C=O) groups excluding carboxylic acids is 2. The third-order valence-electron chi connectivity index (χ3n) is 4.78. The fourth-order valence-electron chi connectivity index (χ4n) is 3.14. The monoisotopic (exact) mass is 559 g/mol. The van der Waals surface area contributed by atoms with Crippen LogP contribution in [0.4, 0.5) is 15.8 Å². The molecule has 1 atom stereocenters. The molecule has 1 aliphatic rings. The smallest absolute Gasteiger partial charge is 0.238 e. The van der Waals surface area contributed by atoms with Gasteiger partial charge >= 0.3 is 0 Å². The summed E-state index contributed by atoms with van der Waals surface area (Å²) in [7, 11) is 0. The van der Waals surface area contributed by atoms with Crippen LogP contribution >= 0.6 is 34.4 Å². The van der Waals surface area contributed by atoms with Crippen LogP contribution in [0.3, 0.4) is 0 Å². The number of nitrogens with zero attached hydrogens (tertiary/aromatic N) is 2. The van der Waals surface area contributed by atoms with Crippen LogP contribution < -0.4 is 5.32 Å². The summed E-state index contributed by atoms with van der Waals surface area (Å²) in [5, 5.41) is 2.68. The van der Waals surface area contributed by atoms with Crippen molar-refractivity contribution in [2.75, 3.05) is 5.32 Å². The van der Waals surface area contributed by atoms with Gasteiger partial charge in [0.1, 0.15) is 11.1 Å². The Morgan fingerprint density at radius 2 is 1.75 bits per heavy atom. The fraction of sp³-hybridized carbons (Fsp3) is 0.125. The second-order valence-electron chi connectivity index (χ2n) is 7.14. The molecule has 2 amide bonds. The van der Waals surface area contributed by atoms with Gasteiger partial charge < -0.3 is 5.32 Å². The zero-order valence-electron chi connectivity index (χ0n) is 16.9. The Labute approximate surface area is 203 Å². The number of nitrogens with one attached hydrogen (secondary N) is 1. The van der Waals surface area contributed by atoms with E-state index in [0.29, 0.717) is 23.1 Å². The molecule has 5 nitrogen and oxygen atoms in total. The van der Waals surface area contributed by atoms with Crippen LogP contribution in [0, 0.1) is 9.39 Å². The van der Waals surface area contributed by atoms with Gasteiger partial charge in [-0.1, -0.05) is 42.1 Å². The molecule has 0 aliphatic carbocycles. The Balaban J connectivity index is 1.58. The molecule has 162 valence electrons. The number of hydrogen-bond donors (Lipinski definition) is 1. The molecule has 3 aromatic rings. The quantitative estimate of drug-likeness (QED) is 0.415. The summed E-state index contributed by atoms with van der Waals surface area (Å²) in [4.78, 5) is 32.1. The molecule has 1 heterocycles. The fourth-order valence-corrected chi connectivity index (χ4v) is 4.60. The Kier molecular flexibility index (Phi) is 7.21. The van der Waals surface area contributed by atoms with Crippen molar-refractivity contribution in [1.29, 1.82) is 0 Å². The first-order valence-corrected chi connectivity index (χ1v) is 11.9. The maximum atomic E-state index is 13.3. The van der Waals surface area contributed by atoms with Crippen molar-refractivity contribution in [2.45, 2.75) is 18.2 Å². The first-order chi connectivity index (χ1) is 15.5. The lowest BCUT2D eigenvalue weighted by Crippen LogP contribution is -2.44. The first-order valence-electron chi connectivity index (χ1n) is 9.89. The zero-order chi connectivity index (χ0) is 22.5. The van der Waals surface area contributed by atoms with E-state index in [1.165, 1.54) is 23.9 Å². The van der Waals surface area contributed by atoms with Crippen LogP contribution in [-0.4, -0.2) is 27.1 Å². The topological polar surface area (TPSA) is 61.8 Å². The lowest BCUT2D eigenvalue weighted by molar-refractivity contribution is -0.129. The summed E-state index contributed by atoms with van der Waals surface area (Å²) < 4.78 is 14.4. The van der Waals surface area contributed by atoms with Gasteiger partial charge in [0.25, 0.3) is 0 Å². The van der Waals surface area contributed by atoms with E-state index in [9.17, 15) is 14.0 Å². The van der Waals surface area contributed by atoms with Crippen LogP contribution in [-0.2, 0) is 16.1 Å². The zero-order valence-corrected chi connectivity index (χ0v) is 19.8. The van der Waals surface area contributed by atoms with E-state index in [1.807, 2.05) is 54.6 Å². The van der Waals surface area contributed by atoms with Crippen molar-refractivity contribution >= 4 is 62.7 Å². The molecule has 0 bridgehead atoms. The van der Waals surface area contributed by atoms with E-state index in [-0.39, 0.29) is 24.1 Å². The number of hydrogen-bond acceptors (Lipinski definition) is 4. The minimum Gasteiger partial charge on any atom is -0.325 e. The lowest BCUT2D eigenvalue weighted by Gasteiger charge is -2.32. The summed E-state index contributed by atoms with van der Waals surface area (Å²) >= 11 is 3.44. The molecule has 1 saturated heterocycles. The van der Waals surface area contributed by atoms with Gasteiger partial charge in [-0.3, -0.25) is 14.5 Å². The van der Waals surface area contributed by atoms with Gasteiger partial charge in [-0.2, -0.15) is 0 Å². The number of carbonyl (C=O) groups is 2. The van der Waals surface area contributed by atoms with Crippen molar-refractivity contribution in [3.05, 3.63) is 93.8 Å². The average Bonchev–Trinajstić information content (AvgIpc) is 2.79. The summed E-state index contributed by atoms with van der Waals surface area (Å²) in [5.74, 6) is -0.802. The van der Waals surface area contributed by atoms with E-state index < -0.39 is 5.25 Å². The molecule has 0 radical (unpaired) electrons. The predicted octanol–water partition coefficient (Wildman–Crippen LogP) is 5.59. The lowest BCUT2D eigenvalue weighted by atomic mass is 10.2. The maximum Gasteiger partial charge on any atom is 0.238 e. The highest BCUT2D eigenvalue weighted by atomic mass is 127. The van der Waals surface area contributed by atoms with E-state index in [4.69, 9.17) is 0 Å². The molecule has 8 heteroatoms. The van der Waals surface area contributed by atoms with Gasteiger partial charge in [-0.15, -0.1) is 0 Å². The summed E-state index contributed by atoms with van der Waals surface area (Å²) in [6.45, 7) is 0.345. The number of amides is 2. The van der Waals surface area contributed by atoms with Gasteiger partial charge in [0.2, 0.25) is 11.8 Å². The normalized spacial score (nSPS) is 17.4. The van der Waals surface area contributed by atoms with Crippen LogP contribution in [0.2, 0.25) is 0 Å². The van der Waals surface area contributed by atoms with Gasteiger partial charge in [0.05, 0.1) is 12.2 Å². The van der Waals surface area contributed by atoms with Crippen molar-refractivity contribution in [3.63, 3.8) is 0 Å². The van der Waals surface area contributed by atoms with Crippen molar-refractivity contribution in [3.8, 4) is 0 Å². The number of rotatable bonds is 5. The third-order valence-corrected chi connectivity index (χ3v) is 6.69. The number of halogens is 2. The minimum atomic E-state index is -0.618. The molecule has 4 rings (SSSR count). The highest BCUT2D eigenvalue weighted by Crippen LogP contribution is 2.31. The third kappa shape index (κ3) is 5.74. The SMILES string of the molecule is O=C(Nc1ccc(I)cc1)C1CC(=O)N(Cc2ccccc2)C(=Nc2ccc(F)cc2)S1. The minimum absolute atomic E-state index is 0.0656. The Morgan fingerprint density at radius 1 is 1.06 bits per heavy atom. The van der Waals surface area contributed by atoms with Gasteiger partial charge in [0, 0.05) is 15.7 Å². The number of benzene rings is 3. The molecule has 1 unspecified atom stereocenters. The van der Waals surface area contributed by atoms with Crippen LogP contribution in [0.5, 0.6) is 0 Å². The standard InChI is InChI=1S/C24H19FIN3O2S/c25-17-6-10-20(11-7-17)28-24-29(15-16-4-2-1-3-5-16)22(30)14-21(32-24)23(31)27-19-12-8-18(26)9-13-19/h1-13,21H,14-15H2,(H,27,31). The predicted molar refractivity (Wildman–Crippen MR) is 134 cm³/mol. The number of thioether (sulfide) groups is 1. The highest BCUT2D eigenvalue weighted by molar-refractivity contribution is 14.1. The number of aliphatic imine (C=N–C) groups is 1. The Bertz CT molecular complexity index is 1140. The van der Waals surface area contributed by atoms with Gasteiger partial charge in [0.15, 0.2) is 5.17 Å². The number of amidine groups is 1. The first kappa shape index (κ1) is 22.5. The summed E-state index contributed by atoms with van der Waals surface area (Å²) in [6, 6.07) is 22.8. The molecule has 1 fully saturated rings. The van der Waals surface area contributed by atoms with E-state index in [2.05, 4.69) is 32.9 Å². The molecule has 0 aromatic heterocycles. The van der Waals surface area contributed by atoms with Crippen LogP contribution in [0.25, 0.3) is 0 Å². The van der Waals surface area contributed by atoms with Crippen molar-refractivity contribution in [1.82, 2.24) is 4.90 Å². The maximum absolute atomic E-state index is 13.3. The second kappa shape index (κ2) is 10.3. The molecule has 1 aliphatic heterocycles. The molecular weight excluding hydrogens is 540 g/mol. The Morgan fingerprint density at radius 3 is 2.44 bits per heavy atom. The molecular formula is C24H19FIN3O2S. The Hall–Kier alpha value is -2.72.